The van der Waals surface area contributed by atoms with Crippen molar-refractivity contribution < 1.29 is 27.4 Å². The summed E-state index contributed by atoms with van der Waals surface area (Å²) in [6.45, 7) is 2.40. The topological polar surface area (TPSA) is 99.2 Å². The van der Waals surface area contributed by atoms with Crippen LogP contribution in [-0.4, -0.2) is 75.4 Å². The van der Waals surface area contributed by atoms with Crippen molar-refractivity contribution in [2.24, 2.45) is 0 Å². The second-order valence-corrected chi connectivity index (χ2v) is 10.4. The van der Waals surface area contributed by atoms with Gasteiger partial charge in [-0.2, -0.15) is 0 Å². The van der Waals surface area contributed by atoms with E-state index in [0.717, 1.165) is 30.9 Å². The standard InChI is InChI=1S/C24H30FN3O5S/c25-18-6-9-21(10-7-18)34(31,32)26-22-11-8-20(33-23(22)17-29)16-24(30)28-14-12-27(13-15-28)19-4-2-1-3-5-19/h1-7,9-10,20,22-23,26,29H,8,11-17H2/t20-,22+,23+/m1/s1. The smallest absolute Gasteiger partial charge is 0.240 e. The minimum Gasteiger partial charge on any atom is -0.394 e. The van der Waals surface area contributed by atoms with Crippen LogP contribution < -0.4 is 9.62 Å². The van der Waals surface area contributed by atoms with E-state index in [2.05, 4.69) is 21.8 Å². The van der Waals surface area contributed by atoms with Gasteiger partial charge < -0.3 is 19.6 Å². The highest BCUT2D eigenvalue weighted by atomic mass is 32.2. The Labute approximate surface area is 199 Å². The third-order valence-electron chi connectivity index (χ3n) is 6.38. The van der Waals surface area contributed by atoms with E-state index in [1.807, 2.05) is 23.1 Å². The lowest BCUT2D eigenvalue weighted by Gasteiger charge is -2.38. The lowest BCUT2D eigenvalue weighted by Crippen LogP contribution is -2.52. The minimum absolute atomic E-state index is 0.000237. The molecule has 3 atom stereocenters. The molecule has 2 fully saturated rings. The quantitative estimate of drug-likeness (QED) is 0.612. The number of anilines is 1. The van der Waals surface area contributed by atoms with Gasteiger partial charge in [0.05, 0.1) is 36.2 Å². The molecule has 0 aliphatic carbocycles. The van der Waals surface area contributed by atoms with Gasteiger partial charge in [0.25, 0.3) is 0 Å². The van der Waals surface area contributed by atoms with Gasteiger partial charge in [-0.1, -0.05) is 18.2 Å². The number of piperazine rings is 1. The number of sulfonamides is 1. The molecule has 0 saturated carbocycles. The lowest BCUT2D eigenvalue weighted by molar-refractivity contribution is -0.140. The molecule has 0 aromatic heterocycles. The number of carbonyl (C=O) groups excluding carboxylic acids is 1. The predicted molar refractivity (Wildman–Crippen MR) is 125 cm³/mol. The number of aliphatic hydroxyl groups excluding tert-OH is 1. The first-order valence-corrected chi connectivity index (χ1v) is 13.0. The van der Waals surface area contributed by atoms with Crippen LogP contribution in [0.4, 0.5) is 10.1 Å². The number of ether oxygens (including phenoxy) is 1. The fourth-order valence-electron chi connectivity index (χ4n) is 4.47. The minimum atomic E-state index is -3.89. The molecule has 0 unspecified atom stereocenters. The van der Waals surface area contributed by atoms with E-state index in [1.54, 1.807) is 0 Å². The SMILES string of the molecule is O=C(C[C@H]1CC[C@H](NS(=O)(=O)c2ccc(F)cc2)[C@H](CO)O1)N1CCN(c2ccccc2)CC1. The third kappa shape index (κ3) is 5.93. The van der Waals surface area contributed by atoms with Crippen molar-refractivity contribution in [2.45, 2.75) is 42.4 Å². The zero-order valence-corrected chi connectivity index (χ0v) is 19.7. The van der Waals surface area contributed by atoms with Crippen LogP contribution in [-0.2, 0) is 19.6 Å². The number of nitrogens with zero attached hydrogens (tertiary/aromatic N) is 2. The van der Waals surface area contributed by atoms with Crippen LogP contribution in [0, 0.1) is 5.82 Å². The second-order valence-electron chi connectivity index (χ2n) is 8.65. The van der Waals surface area contributed by atoms with Gasteiger partial charge >= 0.3 is 0 Å². The van der Waals surface area contributed by atoms with Crippen LogP contribution in [0.1, 0.15) is 19.3 Å². The summed E-state index contributed by atoms with van der Waals surface area (Å²) >= 11 is 0. The number of para-hydroxylation sites is 1. The zero-order valence-electron chi connectivity index (χ0n) is 18.8. The molecule has 2 N–H and O–H groups in total. The average Bonchev–Trinajstić information content (AvgIpc) is 2.85. The van der Waals surface area contributed by atoms with Crippen molar-refractivity contribution in [2.75, 3.05) is 37.7 Å². The first kappa shape index (κ1) is 24.6. The van der Waals surface area contributed by atoms with E-state index in [4.69, 9.17) is 4.74 Å². The summed E-state index contributed by atoms with van der Waals surface area (Å²) in [5, 5.41) is 9.79. The number of hydrogen-bond acceptors (Lipinski definition) is 6. The van der Waals surface area contributed by atoms with Crippen molar-refractivity contribution in [1.82, 2.24) is 9.62 Å². The molecule has 0 bridgehead atoms. The Morgan fingerprint density at radius 2 is 1.71 bits per heavy atom. The van der Waals surface area contributed by atoms with E-state index in [9.17, 15) is 22.7 Å². The molecule has 2 aromatic carbocycles. The maximum atomic E-state index is 13.1. The summed E-state index contributed by atoms with van der Waals surface area (Å²) in [5.41, 5.74) is 1.14. The summed E-state index contributed by atoms with van der Waals surface area (Å²) in [4.78, 5) is 16.9. The van der Waals surface area contributed by atoms with Crippen molar-refractivity contribution in [3.63, 3.8) is 0 Å². The molecular formula is C24H30FN3O5S. The van der Waals surface area contributed by atoms with Gasteiger partial charge in [0.1, 0.15) is 5.82 Å². The van der Waals surface area contributed by atoms with Gasteiger partial charge in [0.15, 0.2) is 0 Å². The van der Waals surface area contributed by atoms with E-state index in [1.165, 1.54) is 12.1 Å². The summed E-state index contributed by atoms with van der Waals surface area (Å²) in [6, 6.07) is 14.0. The number of amides is 1. The summed E-state index contributed by atoms with van der Waals surface area (Å²) in [6.07, 6.45) is -0.0481. The molecule has 0 spiro atoms. The van der Waals surface area contributed by atoms with Crippen LogP contribution in [0.15, 0.2) is 59.5 Å². The zero-order chi connectivity index (χ0) is 24.1. The van der Waals surface area contributed by atoms with Crippen LogP contribution in [0.2, 0.25) is 0 Å². The lowest BCUT2D eigenvalue weighted by atomic mass is 9.97. The molecule has 2 heterocycles. The van der Waals surface area contributed by atoms with Crippen molar-refractivity contribution >= 4 is 21.6 Å². The van der Waals surface area contributed by atoms with Gasteiger partial charge in [-0.3, -0.25) is 4.79 Å². The molecule has 0 radical (unpaired) electrons. The van der Waals surface area contributed by atoms with Crippen molar-refractivity contribution in [3.8, 4) is 0 Å². The number of benzene rings is 2. The first-order valence-electron chi connectivity index (χ1n) is 11.5. The number of rotatable bonds is 7. The van der Waals surface area contributed by atoms with Crippen LogP contribution in [0.5, 0.6) is 0 Å². The Hall–Kier alpha value is -2.53. The maximum Gasteiger partial charge on any atom is 0.240 e. The van der Waals surface area contributed by atoms with E-state index in [0.29, 0.717) is 25.9 Å². The predicted octanol–water partition coefficient (Wildman–Crippen LogP) is 1.75. The molecular weight excluding hydrogens is 461 g/mol. The van der Waals surface area contributed by atoms with Crippen molar-refractivity contribution in [3.05, 3.63) is 60.4 Å². The van der Waals surface area contributed by atoms with Crippen molar-refractivity contribution in [1.29, 1.82) is 0 Å². The molecule has 1 amide bonds. The molecule has 10 heteroatoms. The monoisotopic (exact) mass is 491 g/mol. The number of aliphatic hydroxyl groups is 1. The van der Waals surface area contributed by atoms with Gasteiger partial charge in [-0.15, -0.1) is 0 Å². The van der Waals surface area contributed by atoms with E-state index < -0.39 is 28.0 Å². The molecule has 8 nitrogen and oxygen atoms in total. The van der Waals surface area contributed by atoms with Gasteiger partial charge in [-0.25, -0.2) is 17.5 Å². The number of hydrogen-bond donors (Lipinski definition) is 2. The molecule has 184 valence electrons. The van der Waals surface area contributed by atoms with E-state index >= 15 is 0 Å². The highest BCUT2D eigenvalue weighted by Gasteiger charge is 2.35. The Morgan fingerprint density at radius 3 is 2.35 bits per heavy atom. The summed E-state index contributed by atoms with van der Waals surface area (Å²) < 4.78 is 46.9. The largest absolute Gasteiger partial charge is 0.394 e. The molecule has 4 rings (SSSR count). The van der Waals surface area contributed by atoms with Crippen LogP contribution >= 0.6 is 0 Å². The highest BCUT2D eigenvalue weighted by Crippen LogP contribution is 2.25. The first-order chi connectivity index (χ1) is 16.4. The van der Waals surface area contributed by atoms with E-state index in [-0.39, 0.29) is 29.9 Å². The average molecular weight is 492 g/mol. The van der Waals surface area contributed by atoms with Gasteiger partial charge in [-0.05, 0) is 49.2 Å². The molecule has 2 aromatic rings. The maximum absolute atomic E-state index is 13.1. The van der Waals surface area contributed by atoms with Gasteiger partial charge in [0.2, 0.25) is 15.9 Å². The second kappa shape index (κ2) is 10.8. The molecule has 34 heavy (non-hydrogen) atoms. The number of nitrogens with one attached hydrogen (secondary N) is 1. The molecule has 2 saturated heterocycles. The normalized spacial score (nSPS) is 23.6. The number of carbonyl (C=O) groups is 1. The Balaban J connectivity index is 1.28. The molecule has 2 aliphatic heterocycles. The Kier molecular flexibility index (Phi) is 7.82. The summed E-state index contributed by atoms with van der Waals surface area (Å²) in [7, 11) is -3.89. The van der Waals surface area contributed by atoms with Gasteiger partial charge in [0, 0.05) is 31.9 Å². The summed E-state index contributed by atoms with van der Waals surface area (Å²) in [5.74, 6) is -0.526. The highest BCUT2D eigenvalue weighted by molar-refractivity contribution is 7.89. The number of halogens is 1. The fraction of sp³-hybridized carbons (Fsp3) is 0.458. The van der Waals surface area contributed by atoms with Crippen LogP contribution in [0.3, 0.4) is 0 Å². The Bertz CT molecular complexity index is 1060. The van der Waals surface area contributed by atoms with Crippen LogP contribution in [0.25, 0.3) is 0 Å². The third-order valence-corrected chi connectivity index (χ3v) is 7.89. The molecule has 2 aliphatic rings. The Morgan fingerprint density at radius 1 is 1.03 bits per heavy atom. The fourth-order valence-corrected chi connectivity index (χ4v) is 5.77.